The number of rotatable bonds is 5. The van der Waals surface area contributed by atoms with Crippen LogP contribution in [0.4, 0.5) is 0 Å². The molecule has 0 fully saturated rings. The molecular weight excluding hydrogens is 282 g/mol. The molecule has 0 spiro atoms. The molecule has 2 rings (SSSR count). The number of nitrogens with two attached hydrogens (primary N) is 1. The van der Waals surface area contributed by atoms with Crippen molar-refractivity contribution in [3.63, 3.8) is 0 Å². The van der Waals surface area contributed by atoms with Gasteiger partial charge in [-0.05, 0) is 26.3 Å². The van der Waals surface area contributed by atoms with Gasteiger partial charge in [-0.3, -0.25) is 4.79 Å². The second-order valence-electron chi connectivity index (χ2n) is 5.67. The maximum atomic E-state index is 12.2. The number of aromatic nitrogens is 1. The molecule has 1 heterocycles. The number of carbonyl (C=O) groups excluding carboxylic acids is 1. The Morgan fingerprint density at radius 2 is 2.05 bits per heavy atom. The number of thiazole rings is 1. The number of hydrogen-bond acceptors (Lipinski definition) is 4. The first-order chi connectivity index (χ1) is 9.88. The van der Waals surface area contributed by atoms with Crippen LogP contribution in [0.1, 0.15) is 41.8 Å². The number of benzene rings is 1. The molecule has 0 radical (unpaired) electrons. The van der Waals surface area contributed by atoms with Gasteiger partial charge >= 0.3 is 0 Å². The number of carbonyl (C=O) groups is 1. The Balaban J connectivity index is 1.98. The highest BCUT2D eigenvalue weighted by atomic mass is 32.1. The topological polar surface area (TPSA) is 68.0 Å². The monoisotopic (exact) mass is 303 g/mol. The van der Waals surface area contributed by atoms with Crippen LogP contribution in [0.25, 0.3) is 0 Å². The van der Waals surface area contributed by atoms with E-state index >= 15 is 0 Å². The Morgan fingerprint density at radius 3 is 2.62 bits per heavy atom. The van der Waals surface area contributed by atoms with Crippen LogP contribution >= 0.6 is 11.3 Å². The van der Waals surface area contributed by atoms with Gasteiger partial charge in [0.25, 0.3) is 0 Å². The standard InChI is InChI=1S/C16H21N3OS/c1-11-10-18-15(21-11)16(2,3)19-14(20)9-13(17)12-7-5-4-6-8-12/h4-8,10,13H,9,17H2,1-3H3,(H,19,20). The van der Waals surface area contributed by atoms with E-state index in [1.807, 2.05) is 57.3 Å². The lowest BCUT2D eigenvalue weighted by molar-refractivity contribution is -0.123. The van der Waals surface area contributed by atoms with Crippen LogP contribution in [-0.2, 0) is 10.3 Å². The Labute approximate surface area is 129 Å². The minimum atomic E-state index is -0.480. The quantitative estimate of drug-likeness (QED) is 0.892. The summed E-state index contributed by atoms with van der Waals surface area (Å²) in [7, 11) is 0. The van der Waals surface area contributed by atoms with Gasteiger partial charge in [0.15, 0.2) is 0 Å². The lowest BCUT2D eigenvalue weighted by Crippen LogP contribution is -2.41. The van der Waals surface area contributed by atoms with E-state index in [2.05, 4.69) is 10.3 Å². The van der Waals surface area contributed by atoms with Gasteiger partial charge in [-0.25, -0.2) is 4.98 Å². The third-order valence-electron chi connectivity index (χ3n) is 3.24. The molecule has 1 atom stereocenters. The molecule has 1 unspecified atom stereocenters. The molecule has 0 saturated heterocycles. The normalized spacial score (nSPS) is 13.0. The molecule has 0 aliphatic rings. The number of aryl methyl sites for hydroxylation is 1. The zero-order valence-electron chi connectivity index (χ0n) is 12.6. The summed E-state index contributed by atoms with van der Waals surface area (Å²) in [5.74, 6) is -0.0655. The lowest BCUT2D eigenvalue weighted by Gasteiger charge is -2.24. The summed E-state index contributed by atoms with van der Waals surface area (Å²) < 4.78 is 0. The molecule has 3 N–H and O–H groups in total. The molecule has 1 amide bonds. The van der Waals surface area contributed by atoms with Crippen LogP contribution in [-0.4, -0.2) is 10.9 Å². The van der Waals surface area contributed by atoms with Crippen LogP contribution in [0.5, 0.6) is 0 Å². The van der Waals surface area contributed by atoms with Gasteiger partial charge in [0.1, 0.15) is 5.01 Å². The minimum Gasteiger partial charge on any atom is -0.345 e. The zero-order valence-corrected chi connectivity index (χ0v) is 13.4. The van der Waals surface area contributed by atoms with Gasteiger partial charge in [-0.15, -0.1) is 11.3 Å². The average molecular weight is 303 g/mol. The van der Waals surface area contributed by atoms with Crippen molar-refractivity contribution in [1.29, 1.82) is 0 Å². The van der Waals surface area contributed by atoms with E-state index in [-0.39, 0.29) is 18.4 Å². The predicted octanol–water partition coefficient (Wildman–Crippen LogP) is 2.89. The number of amides is 1. The van der Waals surface area contributed by atoms with Crippen LogP contribution in [0, 0.1) is 6.92 Å². The second kappa shape index (κ2) is 6.37. The van der Waals surface area contributed by atoms with E-state index in [4.69, 9.17) is 5.73 Å². The van der Waals surface area contributed by atoms with Crippen molar-refractivity contribution >= 4 is 17.2 Å². The van der Waals surface area contributed by atoms with Crippen LogP contribution in [0.15, 0.2) is 36.5 Å². The third-order valence-corrected chi connectivity index (χ3v) is 4.48. The van der Waals surface area contributed by atoms with Crippen molar-refractivity contribution < 1.29 is 4.79 Å². The Kier molecular flexibility index (Phi) is 4.75. The summed E-state index contributed by atoms with van der Waals surface area (Å²) >= 11 is 1.59. The fourth-order valence-electron chi connectivity index (χ4n) is 2.11. The van der Waals surface area contributed by atoms with E-state index in [9.17, 15) is 4.79 Å². The van der Waals surface area contributed by atoms with Crippen molar-refractivity contribution in [3.05, 3.63) is 52.0 Å². The highest BCUT2D eigenvalue weighted by molar-refractivity contribution is 7.11. The van der Waals surface area contributed by atoms with Gasteiger partial charge in [0.2, 0.25) is 5.91 Å². The van der Waals surface area contributed by atoms with E-state index in [0.29, 0.717) is 0 Å². The van der Waals surface area contributed by atoms with Crippen molar-refractivity contribution in [2.75, 3.05) is 0 Å². The first-order valence-corrected chi connectivity index (χ1v) is 7.74. The largest absolute Gasteiger partial charge is 0.345 e. The number of nitrogens with zero attached hydrogens (tertiary/aromatic N) is 1. The summed E-state index contributed by atoms with van der Waals surface area (Å²) in [4.78, 5) is 17.7. The summed E-state index contributed by atoms with van der Waals surface area (Å²) in [5, 5.41) is 3.92. The van der Waals surface area contributed by atoms with Gasteiger partial charge < -0.3 is 11.1 Å². The highest BCUT2D eigenvalue weighted by Gasteiger charge is 2.26. The minimum absolute atomic E-state index is 0.0655. The van der Waals surface area contributed by atoms with E-state index in [1.165, 1.54) is 0 Å². The molecule has 0 saturated carbocycles. The Morgan fingerprint density at radius 1 is 1.38 bits per heavy atom. The lowest BCUT2D eigenvalue weighted by atomic mass is 10.0. The summed E-state index contributed by atoms with van der Waals surface area (Å²) in [5.41, 5.74) is 6.57. The molecule has 1 aromatic heterocycles. The smallest absolute Gasteiger partial charge is 0.222 e. The molecule has 0 aliphatic carbocycles. The number of nitrogens with one attached hydrogen (secondary N) is 1. The average Bonchev–Trinajstić information content (AvgIpc) is 2.86. The van der Waals surface area contributed by atoms with Crippen molar-refractivity contribution in [2.45, 2.75) is 38.8 Å². The van der Waals surface area contributed by atoms with E-state index < -0.39 is 5.54 Å². The molecule has 112 valence electrons. The SMILES string of the molecule is Cc1cnc(C(C)(C)NC(=O)CC(N)c2ccccc2)s1. The van der Waals surface area contributed by atoms with E-state index in [0.717, 1.165) is 15.4 Å². The molecule has 4 nitrogen and oxygen atoms in total. The molecule has 2 aromatic rings. The van der Waals surface area contributed by atoms with Crippen molar-refractivity contribution in [3.8, 4) is 0 Å². The van der Waals surface area contributed by atoms with Crippen molar-refractivity contribution in [1.82, 2.24) is 10.3 Å². The zero-order chi connectivity index (χ0) is 15.5. The number of hydrogen-bond donors (Lipinski definition) is 2. The Bertz CT molecular complexity index is 607. The van der Waals surface area contributed by atoms with E-state index in [1.54, 1.807) is 11.3 Å². The third kappa shape index (κ3) is 4.12. The maximum Gasteiger partial charge on any atom is 0.222 e. The Hall–Kier alpha value is -1.72. The second-order valence-corrected chi connectivity index (χ2v) is 6.91. The first-order valence-electron chi connectivity index (χ1n) is 6.93. The maximum absolute atomic E-state index is 12.2. The van der Waals surface area contributed by atoms with Crippen LogP contribution < -0.4 is 11.1 Å². The molecule has 1 aromatic carbocycles. The van der Waals surface area contributed by atoms with Gasteiger partial charge in [0.05, 0.1) is 5.54 Å². The van der Waals surface area contributed by atoms with Crippen LogP contribution in [0.3, 0.4) is 0 Å². The summed E-state index contributed by atoms with van der Waals surface area (Å²) in [6.07, 6.45) is 2.08. The highest BCUT2D eigenvalue weighted by Crippen LogP contribution is 2.25. The molecule has 0 aliphatic heterocycles. The van der Waals surface area contributed by atoms with Gasteiger partial charge in [-0.2, -0.15) is 0 Å². The molecular formula is C16H21N3OS. The summed E-state index contributed by atoms with van der Waals surface area (Å²) in [6, 6.07) is 9.37. The fourth-order valence-corrected chi connectivity index (χ4v) is 2.94. The molecule has 0 bridgehead atoms. The summed E-state index contributed by atoms with van der Waals surface area (Å²) in [6.45, 7) is 5.92. The van der Waals surface area contributed by atoms with Crippen LogP contribution in [0.2, 0.25) is 0 Å². The van der Waals surface area contributed by atoms with Gasteiger partial charge in [0, 0.05) is 23.5 Å². The first kappa shape index (κ1) is 15.7. The predicted molar refractivity (Wildman–Crippen MR) is 86.0 cm³/mol. The van der Waals surface area contributed by atoms with Gasteiger partial charge in [-0.1, -0.05) is 30.3 Å². The fraction of sp³-hybridized carbons (Fsp3) is 0.375. The van der Waals surface area contributed by atoms with Crippen molar-refractivity contribution in [2.24, 2.45) is 5.73 Å². The molecule has 5 heteroatoms. The molecule has 21 heavy (non-hydrogen) atoms.